The summed E-state index contributed by atoms with van der Waals surface area (Å²) >= 11 is 0. The average molecular weight is 392 g/mol. The van der Waals surface area contributed by atoms with E-state index >= 15 is 0 Å². The summed E-state index contributed by atoms with van der Waals surface area (Å²) in [5.74, 6) is -1.95. The molecule has 3 rings (SSSR count). The number of carboxylic acids is 1. The summed E-state index contributed by atoms with van der Waals surface area (Å²) in [6.07, 6.45) is 0.0529. The van der Waals surface area contributed by atoms with Gasteiger partial charge in [0.2, 0.25) is 5.91 Å². The first-order chi connectivity index (χ1) is 13.1. The molecule has 1 amide bonds. The molecule has 10 heteroatoms. The minimum absolute atomic E-state index is 0.00952. The number of carbonyl (C=O) groups is 3. The topological polar surface area (TPSA) is 134 Å². The van der Waals surface area contributed by atoms with Gasteiger partial charge in [0.25, 0.3) is 0 Å². The van der Waals surface area contributed by atoms with Crippen LogP contribution in [0, 0.1) is 5.92 Å². The van der Waals surface area contributed by atoms with Crippen molar-refractivity contribution in [3.05, 3.63) is 23.3 Å². The van der Waals surface area contributed by atoms with Gasteiger partial charge in [0.05, 0.1) is 18.8 Å². The second kappa shape index (κ2) is 7.44. The zero-order valence-corrected chi connectivity index (χ0v) is 15.8. The Kier molecular flexibility index (Phi) is 5.36. The molecule has 1 fully saturated rings. The van der Waals surface area contributed by atoms with Crippen molar-refractivity contribution in [2.24, 2.45) is 5.92 Å². The number of Topliss-reactive ketones (excluding diaryl/α,β-unsaturated/α-hetero) is 1. The summed E-state index contributed by atoms with van der Waals surface area (Å²) in [7, 11) is 0. The predicted molar refractivity (Wildman–Crippen MR) is 98.2 cm³/mol. The van der Waals surface area contributed by atoms with Gasteiger partial charge < -0.3 is 34.2 Å². The molecule has 1 aromatic carbocycles. The van der Waals surface area contributed by atoms with Crippen molar-refractivity contribution in [2.45, 2.75) is 39.1 Å². The number of likely N-dealkylation sites (tertiary alicyclic amines) is 1. The van der Waals surface area contributed by atoms with Crippen molar-refractivity contribution < 1.29 is 38.9 Å². The van der Waals surface area contributed by atoms with Crippen molar-refractivity contribution >= 4 is 24.4 Å². The number of benzene rings is 1. The molecule has 0 aromatic heterocycles. The Morgan fingerprint density at radius 3 is 2.61 bits per heavy atom. The second-order valence-corrected chi connectivity index (χ2v) is 7.54. The van der Waals surface area contributed by atoms with Gasteiger partial charge in [-0.15, -0.1) is 0 Å². The Hall–Kier alpha value is -2.59. The summed E-state index contributed by atoms with van der Waals surface area (Å²) in [4.78, 5) is 36.7. The summed E-state index contributed by atoms with van der Waals surface area (Å²) < 4.78 is 10.9. The van der Waals surface area contributed by atoms with Crippen LogP contribution in [0.3, 0.4) is 0 Å². The molecule has 0 bridgehead atoms. The number of aryl methyl sites for hydroxylation is 1. The predicted octanol–water partition coefficient (Wildman–Crippen LogP) is 0.448. The van der Waals surface area contributed by atoms with Crippen molar-refractivity contribution in [2.75, 3.05) is 13.1 Å². The van der Waals surface area contributed by atoms with Crippen molar-refractivity contribution in [1.82, 2.24) is 4.90 Å². The number of hydrogen-bond donors (Lipinski definition) is 3. The molecule has 1 saturated heterocycles. The quantitative estimate of drug-likeness (QED) is 0.595. The van der Waals surface area contributed by atoms with Crippen LogP contribution >= 0.6 is 0 Å². The van der Waals surface area contributed by atoms with E-state index in [1.807, 2.05) is 0 Å². The number of amides is 1. The Labute approximate surface area is 161 Å². The molecule has 9 nitrogen and oxygen atoms in total. The summed E-state index contributed by atoms with van der Waals surface area (Å²) in [6, 6.07) is 3.15. The van der Waals surface area contributed by atoms with E-state index in [9.17, 15) is 29.5 Å². The maximum atomic E-state index is 12.2. The maximum absolute atomic E-state index is 12.2. The Morgan fingerprint density at radius 1 is 1.32 bits per heavy atom. The van der Waals surface area contributed by atoms with Crippen LogP contribution in [0.25, 0.3) is 0 Å². The molecular weight excluding hydrogens is 369 g/mol. The number of carboxylic acid groups (broad SMARTS) is 1. The number of ether oxygens (including phenoxy) is 1. The smallest absolute Gasteiger partial charge is 0.430 e. The van der Waals surface area contributed by atoms with Crippen LogP contribution in [0.1, 0.15) is 36.2 Å². The minimum Gasteiger partial charge on any atom is -0.669 e. The van der Waals surface area contributed by atoms with Gasteiger partial charge in [-0.25, -0.2) is 4.79 Å². The fourth-order valence-corrected chi connectivity index (χ4v) is 3.53. The third-order valence-corrected chi connectivity index (χ3v) is 4.98. The number of hydrogen-bond acceptors (Lipinski definition) is 7. The van der Waals surface area contributed by atoms with E-state index in [4.69, 9.17) is 9.39 Å². The van der Waals surface area contributed by atoms with E-state index in [0.29, 0.717) is 5.56 Å². The number of ketones is 1. The first-order valence-corrected chi connectivity index (χ1v) is 9.20. The lowest BCUT2D eigenvalue weighted by molar-refractivity contribution is -0.145. The highest BCUT2D eigenvalue weighted by atomic mass is 16.6. The Morgan fingerprint density at radius 2 is 2.00 bits per heavy atom. The van der Waals surface area contributed by atoms with Crippen LogP contribution in [-0.4, -0.2) is 63.7 Å². The van der Waals surface area contributed by atoms with Gasteiger partial charge in [-0.05, 0) is 25.0 Å². The van der Waals surface area contributed by atoms with E-state index in [1.54, 1.807) is 17.9 Å². The average Bonchev–Trinajstić information content (AvgIpc) is 2.54. The van der Waals surface area contributed by atoms with Crippen LogP contribution in [0.15, 0.2) is 12.1 Å². The summed E-state index contributed by atoms with van der Waals surface area (Å²) in [6.45, 7) is 0.595. The van der Waals surface area contributed by atoms with E-state index in [0.717, 1.165) is 0 Å². The van der Waals surface area contributed by atoms with E-state index in [2.05, 4.69) is 0 Å². The number of carbonyl (C=O) groups excluding carboxylic acids is 2. The van der Waals surface area contributed by atoms with Gasteiger partial charge in [0.1, 0.15) is 23.2 Å². The zero-order valence-electron chi connectivity index (χ0n) is 15.8. The fraction of sp³-hybridized carbons (Fsp3) is 0.500. The molecule has 1 aromatic rings. The Balaban J connectivity index is 1.70. The monoisotopic (exact) mass is 392 g/mol. The fourth-order valence-electron chi connectivity index (χ4n) is 3.53. The first kappa shape index (κ1) is 20.2. The van der Waals surface area contributed by atoms with Crippen molar-refractivity contribution in [1.29, 1.82) is 0 Å². The normalized spacial score (nSPS) is 19.1. The summed E-state index contributed by atoms with van der Waals surface area (Å²) in [5, 5.41) is 29.1. The van der Waals surface area contributed by atoms with Crippen molar-refractivity contribution in [3.63, 3.8) is 0 Å². The van der Waals surface area contributed by atoms with Gasteiger partial charge in [0.15, 0.2) is 0 Å². The minimum atomic E-state index is -3.10. The lowest BCUT2D eigenvalue weighted by Crippen LogP contribution is -2.57. The molecule has 0 saturated carbocycles. The molecule has 3 N–H and O–H groups in total. The summed E-state index contributed by atoms with van der Waals surface area (Å²) in [5.41, 5.74) is 0.301. The Bertz CT molecular complexity index is 818. The number of aromatic carboxylic acids is 1. The molecule has 28 heavy (non-hydrogen) atoms. The third-order valence-electron chi connectivity index (χ3n) is 4.98. The molecule has 152 valence electrons. The third kappa shape index (κ3) is 4.12. The van der Waals surface area contributed by atoms with Gasteiger partial charge in [-0.2, -0.15) is 0 Å². The molecule has 0 unspecified atom stereocenters. The highest BCUT2D eigenvalue weighted by Gasteiger charge is 2.37. The van der Waals surface area contributed by atoms with Gasteiger partial charge in [-0.1, -0.05) is 19.3 Å². The lowest BCUT2D eigenvalue weighted by atomic mass is 9.70. The van der Waals surface area contributed by atoms with Gasteiger partial charge in [0, 0.05) is 12.3 Å². The number of rotatable bonds is 6. The molecule has 2 aliphatic heterocycles. The highest BCUT2D eigenvalue weighted by Crippen LogP contribution is 2.39. The number of fused-ring (bicyclic) bond motifs is 1. The van der Waals surface area contributed by atoms with E-state index in [-0.39, 0.29) is 61.0 Å². The molecule has 0 spiro atoms. The van der Waals surface area contributed by atoms with Crippen LogP contribution in [0.5, 0.6) is 11.5 Å². The van der Waals surface area contributed by atoms with Gasteiger partial charge in [-0.3, -0.25) is 4.79 Å². The largest absolute Gasteiger partial charge is 0.669 e. The first-order valence-electron chi connectivity index (χ1n) is 9.20. The molecular formula is C18H23BNO8-. The maximum Gasteiger partial charge on any atom is 0.430 e. The molecule has 2 aliphatic rings. The van der Waals surface area contributed by atoms with Crippen LogP contribution in [-0.2, 0) is 16.0 Å². The molecule has 1 atom stereocenters. The van der Waals surface area contributed by atoms with E-state index < -0.39 is 24.7 Å². The van der Waals surface area contributed by atoms with Crippen LogP contribution in [0.2, 0.25) is 6.32 Å². The lowest BCUT2D eigenvalue weighted by Gasteiger charge is -2.41. The molecule has 0 radical (unpaired) electrons. The molecule has 0 aliphatic carbocycles. The zero-order chi connectivity index (χ0) is 20.6. The second-order valence-electron chi connectivity index (χ2n) is 7.54. The highest BCUT2D eigenvalue weighted by molar-refractivity contribution is 6.59. The SMILES string of the molecule is CC(=O)C[C@H](C)C(=O)N1CC(Oc2ccc3c(c2C(=O)O)O[B-](O)(O)CC3)C1. The van der Waals surface area contributed by atoms with Crippen LogP contribution in [0.4, 0.5) is 0 Å². The standard InChI is InChI=1S/C18H23BNO8/c1-10(7-11(2)21)17(22)20-8-13(9-20)27-14-4-3-12-5-6-19(25,26)28-16(12)15(14)18(23)24/h3-4,10,13,25-26H,5-9H2,1-2H3,(H,23,24)/q-1/t10-/m0/s1. The number of nitrogens with zero attached hydrogens (tertiary/aromatic N) is 1. The van der Waals surface area contributed by atoms with Gasteiger partial charge >= 0.3 is 12.7 Å². The van der Waals surface area contributed by atoms with E-state index in [1.165, 1.54) is 13.0 Å². The van der Waals surface area contributed by atoms with Crippen molar-refractivity contribution in [3.8, 4) is 11.5 Å². The molecule has 2 heterocycles. The van der Waals surface area contributed by atoms with Crippen LogP contribution < -0.4 is 9.39 Å².